The fraction of sp³-hybridized carbons (Fsp3) is 0.542. The zero-order valence-corrected chi connectivity index (χ0v) is 18.8. The lowest BCUT2D eigenvalue weighted by Gasteiger charge is -2.22. The van der Waals surface area contributed by atoms with Crippen LogP contribution in [0.25, 0.3) is 0 Å². The number of aryl methyl sites for hydroxylation is 1. The lowest BCUT2D eigenvalue weighted by molar-refractivity contribution is 0.0775. The molecule has 1 aromatic heterocycles. The third-order valence-electron chi connectivity index (χ3n) is 6.42. The Morgan fingerprint density at radius 2 is 1.91 bits per heavy atom. The molecule has 8 heteroatoms. The van der Waals surface area contributed by atoms with Crippen LogP contribution in [-0.4, -0.2) is 71.1 Å². The van der Waals surface area contributed by atoms with E-state index in [1.807, 2.05) is 6.92 Å². The monoisotopic (exact) mass is 443 g/mol. The predicted octanol–water partition coefficient (Wildman–Crippen LogP) is 3.77. The van der Waals surface area contributed by atoms with Crippen molar-refractivity contribution in [3.8, 4) is 0 Å². The van der Waals surface area contributed by atoms with Crippen molar-refractivity contribution < 1.29 is 13.6 Å². The van der Waals surface area contributed by atoms with E-state index in [0.717, 1.165) is 31.7 Å². The number of alkyl halides is 1. The molecule has 2 aliphatic heterocycles. The van der Waals surface area contributed by atoms with Crippen molar-refractivity contribution >= 4 is 11.7 Å². The maximum Gasteiger partial charge on any atom is 0.274 e. The van der Waals surface area contributed by atoms with Crippen LogP contribution in [0.1, 0.15) is 59.5 Å². The normalized spacial score (nSPS) is 20.0. The van der Waals surface area contributed by atoms with Gasteiger partial charge in [-0.15, -0.1) is 0 Å². The molecule has 2 aliphatic rings. The summed E-state index contributed by atoms with van der Waals surface area (Å²) in [6.45, 7) is 8.09. The molecule has 0 aliphatic carbocycles. The molecule has 1 unspecified atom stereocenters. The number of amides is 1. The van der Waals surface area contributed by atoms with Crippen LogP contribution in [-0.2, 0) is 0 Å². The molecule has 0 spiro atoms. The van der Waals surface area contributed by atoms with Crippen LogP contribution in [0.2, 0.25) is 0 Å². The number of halogens is 2. The first kappa shape index (κ1) is 22.6. The van der Waals surface area contributed by atoms with E-state index in [1.165, 1.54) is 29.9 Å². The zero-order chi connectivity index (χ0) is 22.7. The summed E-state index contributed by atoms with van der Waals surface area (Å²) in [7, 11) is 0. The number of rotatable bonds is 7. The Labute approximate surface area is 188 Å². The number of likely N-dealkylation sites (tertiary alicyclic amines) is 2. The number of anilines is 1. The van der Waals surface area contributed by atoms with Gasteiger partial charge < -0.3 is 15.1 Å². The molecule has 172 valence electrons. The average Bonchev–Trinajstić information content (AvgIpc) is 3.45. The average molecular weight is 444 g/mol. The van der Waals surface area contributed by atoms with E-state index in [2.05, 4.69) is 10.2 Å². The predicted molar refractivity (Wildman–Crippen MR) is 120 cm³/mol. The number of hydrogen-bond acceptors (Lipinski definition) is 5. The second-order valence-electron chi connectivity index (χ2n) is 8.78. The highest BCUT2D eigenvalue weighted by atomic mass is 19.1. The molecule has 1 aromatic carbocycles. The van der Waals surface area contributed by atoms with Crippen LogP contribution in [0, 0.1) is 12.7 Å². The Morgan fingerprint density at radius 3 is 2.56 bits per heavy atom. The number of carbonyl (C=O) groups is 1. The number of hydrogen-bond donors (Lipinski definition) is 1. The standard InChI is InChI=1S/C24H31F2N5O/c1-16(18-5-7-19(25)8-6-18)21-23(27-10-14-30-11-3-4-12-30)28-17(2)22(29-21)24(32)31-13-9-20(26)15-31/h5-8,16,20H,3-4,9-15H2,1-2H3,(H,27,28)/t16?,20-/m1/s1. The molecular weight excluding hydrogens is 412 g/mol. The van der Waals surface area contributed by atoms with Gasteiger partial charge in [-0.1, -0.05) is 19.1 Å². The second kappa shape index (κ2) is 9.90. The van der Waals surface area contributed by atoms with Gasteiger partial charge in [0.1, 0.15) is 23.5 Å². The highest BCUT2D eigenvalue weighted by Gasteiger charge is 2.30. The molecule has 32 heavy (non-hydrogen) atoms. The van der Waals surface area contributed by atoms with E-state index in [-0.39, 0.29) is 29.9 Å². The first-order valence-electron chi connectivity index (χ1n) is 11.5. The van der Waals surface area contributed by atoms with Gasteiger partial charge in [0.2, 0.25) is 0 Å². The Morgan fingerprint density at radius 1 is 1.19 bits per heavy atom. The van der Waals surface area contributed by atoms with Gasteiger partial charge in [-0.25, -0.2) is 18.7 Å². The molecule has 3 heterocycles. The van der Waals surface area contributed by atoms with Crippen LogP contribution in [0.5, 0.6) is 0 Å². The molecule has 2 aromatic rings. The minimum atomic E-state index is -0.989. The van der Waals surface area contributed by atoms with Crippen LogP contribution in [0.4, 0.5) is 14.6 Å². The molecule has 6 nitrogen and oxygen atoms in total. The highest BCUT2D eigenvalue weighted by Crippen LogP contribution is 2.29. The Balaban J connectivity index is 1.62. The Bertz CT molecular complexity index is 946. The quantitative estimate of drug-likeness (QED) is 0.706. The summed E-state index contributed by atoms with van der Waals surface area (Å²) >= 11 is 0. The van der Waals surface area contributed by atoms with Crippen molar-refractivity contribution in [2.45, 2.75) is 45.2 Å². The third-order valence-corrected chi connectivity index (χ3v) is 6.42. The molecule has 2 atom stereocenters. The number of benzene rings is 1. The van der Waals surface area contributed by atoms with Crippen molar-refractivity contribution in [2.24, 2.45) is 0 Å². The SMILES string of the molecule is Cc1nc(NCCN2CCCC2)c(C(C)c2ccc(F)cc2)nc1C(=O)N1CC[C@@H](F)C1. The van der Waals surface area contributed by atoms with Gasteiger partial charge in [0, 0.05) is 25.6 Å². The molecule has 0 saturated carbocycles. The smallest absolute Gasteiger partial charge is 0.274 e. The van der Waals surface area contributed by atoms with Crippen molar-refractivity contribution in [3.05, 3.63) is 52.7 Å². The molecule has 4 rings (SSSR count). The van der Waals surface area contributed by atoms with Gasteiger partial charge in [-0.2, -0.15) is 0 Å². The van der Waals surface area contributed by atoms with Gasteiger partial charge >= 0.3 is 0 Å². The molecule has 1 amide bonds. The van der Waals surface area contributed by atoms with Crippen molar-refractivity contribution in [1.29, 1.82) is 0 Å². The van der Waals surface area contributed by atoms with E-state index in [0.29, 0.717) is 30.2 Å². The van der Waals surface area contributed by atoms with E-state index in [1.54, 1.807) is 19.1 Å². The third kappa shape index (κ3) is 5.06. The summed E-state index contributed by atoms with van der Waals surface area (Å²) in [5, 5.41) is 3.41. The Kier molecular flexibility index (Phi) is 6.98. The lowest BCUT2D eigenvalue weighted by atomic mass is 9.97. The Hall–Kier alpha value is -2.61. The maximum atomic E-state index is 13.7. The summed E-state index contributed by atoms with van der Waals surface area (Å²) < 4.78 is 27.1. The summed E-state index contributed by atoms with van der Waals surface area (Å²) in [5.41, 5.74) is 2.31. The van der Waals surface area contributed by atoms with Crippen molar-refractivity contribution in [2.75, 3.05) is 44.6 Å². The number of nitrogens with zero attached hydrogens (tertiary/aromatic N) is 4. The second-order valence-corrected chi connectivity index (χ2v) is 8.78. The summed E-state index contributed by atoms with van der Waals surface area (Å²) in [4.78, 5) is 26.4. The molecular formula is C24H31F2N5O. The highest BCUT2D eigenvalue weighted by molar-refractivity contribution is 5.93. The molecule has 0 radical (unpaired) electrons. The summed E-state index contributed by atoms with van der Waals surface area (Å²) in [6.07, 6.45) is 1.83. The van der Waals surface area contributed by atoms with Crippen LogP contribution >= 0.6 is 0 Å². The molecule has 2 fully saturated rings. The number of carbonyl (C=O) groups excluding carboxylic acids is 1. The number of nitrogens with one attached hydrogen (secondary N) is 1. The zero-order valence-electron chi connectivity index (χ0n) is 18.8. The number of aromatic nitrogens is 2. The first-order valence-corrected chi connectivity index (χ1v) is 11.5. The van der Waals surface area contributed by atoms with Gasteiger partial charge in [-0.05, 0) is 57.0 Å². The fourth-order valence-electron chi connectivity index (χ4n) is 4.47. The maximum absolute atomic E-state index is 13.7. The van der Waals surface area contributed by atoms with Crippen LogP contribution in [0.15, 0.2) is 24.3 Å². The lowest BCUT2D eigenvalue weighted by Crippen LogP contribution is -2.31. The van der Waals surface area contributed by atoms with Gasteiger partial charge in [0.25, 0.3) is 5.91 Å². The van der Waals surface area contributed by atoms with Crippen molar-refractivity contribution in [1.82, 2.24) is 19.8 Å². The van der Waals surface area contributed by atoms with E-state index < -0.39 is 6.17 Å². The van der Waals surface area contributed by atoms with Crippen molar-refractivity contribution in [3.63, 3.8) is 0 Å². The minimum absolute atomic E-state index is 0.0959. The van der Waals surface area contributed by atoms with Crippen LogP contribution < -0.4 is 5.32 Å². The minimum Gasteiger partial charge on any atom is -0.367 e. The summed E-state index contributed by atoms with van der Waals surface area (Å²) in [5.74, 6) is -0.145. The van der Waals surface area contributed by atoms with Gasteiger partial charge in [0.15, 0.2) is 0 Å². The fourth-order valence-corrected chi connectivity index (χ4v) is 4.47. The van der Waals surface area contributed by atoms with E-state index in [4.69, 9.17) is 9.97 Å². The molecule has 2 saturated heterocycles. The van der Waals surface area contributed by atoms with Crippen LogP contribution in [0.3, 0.4) is 0 Å². The van der Waals surface area contributed by atoms with Gasteiger partial charge in [-0.3, -0.25) is 4.79 Å². The molecule has 0 bridgehead atoms. The first-order chi connectivity index (χ1) is 15.4. The van der Waals surface area contributed by atoms with E-state index in [9.17, 15) is 13.6 Å². The summed E-state index contributed by atoms with van der Waals surface area (Å²) in [6, 6.07) is 6.30. The van der Waals surface area contributed by atoms with Gasteiger partial charge in [0.05, 0.1) is 17.9 Å². The largest absolute Gasteiger partial charge is 0.367 e. The molecule has 1 N–H and O–H groups in total. The van der Waals surface area contributed by atoms with E-state index >= 15 is 0 Å². The topological polar surface area (TPSA) is 61.4 Å².